The number of hydrogen-bond donors (Lipinski definition) is 1. The molecule has 0 aromatic carbocycles. The Hall–Kier alpha value is -1.94. The normalized spacial score (nSPS) is 12.1. The van der Waals surface area contributed by atoms with Crippen molar-refractivity contribution >= 4 is 11.7 Å². The molecule has 0 fully saturated rings. The minimum atomic E-state index is 0. The molecule has 0 radical (unpaired) electrons. The van der Waals surface area contributed by atoms with E-state index < -0.39 is 0 Å². The van der Waals surface area contributed by atoms with E-state index >= 15 is 0 Å². The first-order valence-electron chi connectivity index (χ1n) is 11.6. The molecular weight excluding hydrogens is 374 g/mol. The van der Waals surface area contributed by atoms with Crippen molar-refractivity contribution in [1.29, 1.82) is 0 Å². The summed E-state index contributed by atoms with van der Waals surface area (Å²) in [4.78, 5) is 22.4. The lowest BCUT2D eigenvalue weighted by Crippen LogP contribution is -2.27. The fourth-order valence-corrected chi connectivity index (χ4v) is 2.61. The van der Waals surface area contributed by atoms with Crippen LogP contribution in [0.4, 0.5) is 0 Å². The molecule has 0 rings (SSSR count). The molecule has 172 valence electrons. The largest absolute Gasteiger partial charge is 0.379 e. The Morgan fingerprint density at radius 2 is 1.33 bits per heavy atom. The lowest BCUT2D eigenvalue weighted by molar-refractivity contribution is -0.122. The quantitative estimate of drug-likeness (QED) is 0.181. The maximum atomic E-state index is 11.7. The monoisotopic (exact) mass is 419 g/mol. The highest BCUT2D eigenvalue weighted by Gasteiger charge is 1.99. The molecule has 0 aliphatic carbocycles. The highest BCUT2D eigenvalue weighted by molar-refractivity contribution is 5.76. The lowest BCUT2D eigenvalue weighted by Gasteiger charge is -2.05. The zero-order chi connectivity index (χ0) is 22.1. The van der Waals surface area contributed by atoms with Gasteiger partial charge in [-0.1, -0.05) is 68.4 Å². The lowest BCUT2D eigenvalue weighted by atomic mass is 10.2. The SMILES string of the molecule is CCCCC/C=C\C/C=C\C/C=C\C/C=C\CCCC(=O)NCCOCCC(C)=O.[HH]. The molecule has 0 aromatic rings. The summed E-state index contributed by atoms with van der Waals surface area (Å²) in [5.41, 5.74) is 0. The molecule has 0 heterocycles. The Bertz CT molecular complexity index is 539. The van der Waals surface area contributed by atoms with Gasteiger partial charge in [0.2, 0.25) is 5.91 Å². The highest BCUT2D eigenvalue weighted by atomic mass is 16.5. The van der Waals surface area contributed by atoms with Crippen LogP contribution in [-0.2, 0) is 14.3 Å². The average molecular weight is 420 g/mol. The zero-order valence-corrected chi connectivity index (χ0v) is 19.2. The smallest absolute Gasteiger partial charge is 0.220 e. The third kappa shape index (κ3) is 24.1. The van der Waals surface area contributed by atoms with E-state index in [4.69, 9.17) is 4.74 Å². The third-order valence-electron chi connectivity index (χ3n) is 4.40. The molecule has 0 atom stereocenters. The van der Waals surface area contributed by atoms with E-state index in [1.165, 1.54) is 25.7 Å². The van der Waals surface area contributed by atoms with Crippen molar-refractivity contribution in [1.82, 2.24) is 5.32 Å². The van der Waals surface area contributed by atoms with Crippen LogP contribution in [0.2, 0.25) is 0 Å². The summed E-state index contributed by atoms with van der Waals surface area (Å²) in [5.74, 6) is 0.178. The number of unbranched alkanes of at least 4 members (excludes halogenated alkanes) is 4. The fourth-order valence-electron chi connectivity index (χ4n) is 2.61. The van der Waals surface area contributed by atoms with Crippen LogP contribution in [0.5, 0.6) is 0 Å². The van der Waals surface area contributed by atoms with Gasteiger partial charge in [0.15, 0.2) is 0 Å². The molecule has 0 aliphatic rings. The van der Waals surface area contributed by atoms with Gasteiger partial charge in [0, 0.05) is 20.8 Å². The second-order valence-electron chi connectivity index (χ2n) is 7.40. The summed E-state index contributed by atoms with van der Waals surface area (Å²) < 4.78 is 5.27. The maximum absolute atomic E-state index is 11.7. The van der Waals surface area contributed by atoms with E-state index in [0.717, 1.165) is 32.1 Å². The number of ketones is 1. The number of ether oxygens (including phenoxy) is 1. The number of carbonyl (C=O) groups is 2. The summed E-state index contributed by atoms with van der Waals surface area (Å²) in [6, 6.07) is 0. The minimum absolute atomic E-state index is 0. The summed E-state index contributed by atoms with van der Waals surface area (Å²) in [5, 5.41) is 2.83. The van der Waals surface area contributed by atoms with E-state index in [-0.39, 0.29) is 13.1 Å². The first-order chi connectivity index (χ1) is 14.7. The molecule has 0 bridgehead atoms. The molecule has 1 N–H and O–H groups in total. The van der Waals surface area contributed by atoms with Gasteiger partial charge in [0.05, 0.1) is 13.2 Å². The Morgan fingerprint density at radius 3 is 1.90 bits per heavy atom. The Morgan fingerprint density at radius 1 is 0.767 bits per heavy atom. The predicted molar refractivity (Wildman–Crippen MR) is 130 cm³/mol. The molecule has 0 unspecified atom stereocenters. The number of rotatable bonds is 20. The van der Waals surface area contributed by atoms with Crippen molar-refractivity contribution in [2.75, 3.05) is 19.8 Å². The van der Waals surface area contributed by atoms with Gasteiger partial charge in [0.25, 0.3) is 0 Å². The number of nitrogens with one attached hydrogen (secondary N) is 1. The van der Waals surface area contributed by atoms with Gasteiger partial charge in [0.1, 0.15) is 5.78 Å². The van der Waals surface area contributed by atoms with Gasteiger partial charge >= 0.3 is 0 Å². The molecule has 0 saturated carbocycles. The average Bonchev–Trinajstić information content (AvgIpc) is 2.72. The predicted octanol–water partition coefficient (Wildman–Crippen LogP) is 6.49. The molecule has 0 aromatic heterocycles. The van der Waals surface area contributed by atoms with Crippen LogP contribution in [0.1, 0.15) is 85.9 Å². The van der Waals surface area contributed by atoms with Crippen LogP contribution >= 0.6 is 0 Å². The van der Waals surface area contributed by atoms with Crippen LogP contribution in [-0.4, -0.2) is 31.4 Å². The molecule has 1 amide bonds. The molecule has 4 heteroatoms. The number of carbonyl (C=O) groups excluding carboxylic acids is 2. The van der Waals surface area contributed by atoms with Gasteiger partial charge in [-0.25, -0.2) is 0 Å². The highest BCUT2D eigenvalue weighted by Crippen LogP contribution is 2.01. The van der Waals surface area contributed by atoms with Crippen LogP contribution in [0.15, 0.2) is 48.6 Å². The van der Waals surface area contributed by atoms with Gasteiger partial charge in [-0.05, 0) is 51.9 Å². The van der Waals surface area contributed by atoms with Crippen molar-refractivity contribution in [3.05, 3.63) is 48.6 Å². The topological polar surface area (TPSA) is 55.4 Å². The fraction of sp³-hybridized carbons (Fsp3) is 0.615. The van der Waals surface area contributed by atoms with Crippen molar-refractivity contribution in [3.63, 3.8) is 0 Å². The van der Waals surface area contributed by atoms with Gasteiger partial charge in [-0.15, -0.1) is 0 Å². The summed E-state index contributed by atoms with van der Waals surface area (Å²) in [7, 11) is 0. The molecule has 0 aliphatic heterocycles. The van der Waals surface area contributed by atoms with Gasteiger partial charge in [-0.2, -0.15) is 0 Å². The number of Topliss-reactive ketones (excluding diaryl/α,β-unsaturated/α-hetero) is 1. The van der Waals surface area contributed by atoms with E-state index in [2.05, 4.69) is 60.8 Å². The van der Waals surface area contributed by atoms with Crippen LogP contribution < -0.4 is 5.32 Å². The molecule has 30 heavy (non-hydrogen) atoms. The summed E-state index contributed by atoms with van der Waals surface area (Å²) >= 11 is 0. The van der Waals surface area contributed by atoms with Crippen LogP contribution in [0.25, 0.3) is 0 Å². The summed E-state index contributed by atoms with van der Waals surface area (Å²) in [6.45, 7) is 5.16. The van der Waals surface area contributed by atoms with Gasteiger partial charge in [-0.3, -0.25) is 9.59 Å². The van der Waals surface area contributed by atoms with Crippen molar-refractivity contribution in [2.45, 2.75) is 84.5 Å². The first kappa shape index (κ1) is 28.1. The van der Waals surface area contributed by atoms with Crippen molar-refractivity contribution in [2.24, 2.45) is 0 Å². The number of amides is 1. The first-order valence-corrected chi connectivity index (χ1v) is 11.6. The Balaban J connectivity index is 0. The van der Waals surface area contributed by atoms with Crippen molar-refractivity contribution < 1.29 is 15.8 Å². The molecular formula is C26H45NO3. The number of hydrogen-bond acceptors (Lipinski definition) is 3. The Kier molecular flexibility index (Phi) is 21.8. The second-order valence-corrected chi connectivity index (χ2v) is 7.40. The zero-order valence-electron chi connectivity index (χ0n) is 19.2. The number of allylic oxidation sites excluding steroid dienone is 8. The minimum Gasteiger partial charge on any atom is -0.379 e. The molecule has 0 spiro atoms. The van der Waals surface area contributed by atoms with E-state index in [1.54, 1.807) is 6.92 Å². The Labute approximate surface area is 186 Å². The second kappa shape index (κ2) is 23.3. The maximum Gasteiger partial charge on any atom is 0.220 e. The van der Waals surface area contributed by atoms with Crippen LogP contribution in [0, 0.1) is 0 Å². The molecule has 0 saturated heterocycles. The van der Waals surface area contributed by atoms with Gasteiger partial charge < -0.3 is 10.1 Å². The van der Waals surface area contributed by atoms with Crippen LogP contribution in [0.3, 0.4) is 0 Å². The third-order valence-corrected chi connectivity index (χ3v) is 4.40. The van der Waals surface area contributed by atoms with Crippen molar-refractivity contribution in [3.8, 4) is 0 Å². The van der Waals surface area contributed by atoms with E-state index in [9.17, 15) is 9.59 Å². The van der Waals surface area contributed by atoms with E-state index in [1.807, 2.05) is 0 Å². The van der Waals surface area contributed by atoms with E-state index in [0.29, 0.717) is 32.6 Å². The standard InChI is InChI=1S/C26H43NO3.H2/c1-3-4-5-6-7-8-9-10-11-12-13-14-15-16-17-18-19-20-26(29)27-22-24-30-23-21-25(2)28;/h7-8,10-11,13-14,16-17H,3-6,9,12,15,18-24H2,1-2H3,(H,27,29);1H/b8-7-,11-10-,14-13-,17-16-;. The molecule has 4 nitrogen and oxygen atoms in total. The summed E-state index contributed by atoms with van der Waals surface area (Å²) in [6.07, 6.45) is 28.5.